The molecule has 1 saturated heterocycles. The first-order chi connectivity index (χ1) is 13.1. The third-order valence-electron chi connectivity index (χ3n) is 5.11. The summed E-state index contributed by atoms with van der Waals surface area (Å²) >= 11 is 0. The van der Waals surface area contributed by atoms with Gasteiger partial charge in [0.15, 0.2) is 5.78 Å². The molecule has 0 atom stereocenters. The second kappa shape index (κ2) is 8.71. The minimum absolute atomic E-state index is 0.0113. The lowest BCUT2D eigenvalue weighted by Crippen LogP contribution is -2.41. The van der Waals surface area contributed by atoms with Gasteiger partial charge in [-0.1, -0.05) is 30.3 Å². The quantitative estimate of drug-likeness (QED) is 0.735. The van der Waals surface area contributed by atoms with E-state index in [1.165, 1.54) is 0 Å². The summed E-state index contributed by atoms with van der Waals surface area (Å²) in [5.74, 6) is 1.59. The molecule has 0 saturated carbocycles. The Hall–Kier alpha value is -2.82. The van der Waals surface area contributed by atoms with Gasteiger partial charge in [-0.15, -0.1) is 0 Å². The van der Waals surface area contributed by atoms with E-state index in [0.717, 1.165) is 11.1 Å². The molecule has 3 rings (SSSR count). The molecule has 27 heavy (non-hydrogen) atoms. The van der Waals surface area contributed by atoms with Crippen LogP contribution in [-0.4, -0.2) is 43.9 Å². The molecule has 1 amide bonds. The highest BCUT2D eigenvalue weighted by molar-refractivity contribution is 5.98. The van der Waals surface area contributed by atoms with Gasteiger partial charge in [0.1, 0.15) is 11.5 Å². The van der Waals surface area contributed by atoms with Crippen molar-refractivity contribution < 1.29 is 19.1 Å². The zero-order valence-corrected chi connectivity index (χ0v) is 15.8. The highest BCUT2D eigenvalue weighted by Crippen LogP contribution is 2.26. The minimum atomic E-state index is -0.0113. The van der Waals surface area contributed by atoms with E-state index >= 15 is 0 Å². The van der Waals surface area contributed by atoms with Crippen LogP contribution >= 0.6 is 0 Å². The first-order valence-corrected chi connectivity index (χ1v) is 9.20. The number of ether oxygens (including phenoxy) is 2. The van der Waals surface area contributed by atoms with Gasteiger partial charge in [-0.2, -0.15) is 0 Å². The van der Waals surface area contributed by atoms with Crippen LogP contribution < -0.4 is 9.47 Å². The molecule has 5 nitrogen and oxygen atoms in total. The van der Waals surface area contributed by atoms with E-state index in [9.17, 15) is 9.59 Å². The van der Waals surface area contributed by atoms with Gasteiger partial charge < -0.3 is 14.4 Å². The van der Waals surface area contributed by atoms with Crippen LogP contribution in [0.4, 0.5) is 0 Å². The van der Waals surface area contributed by atoms with E-state index in [0.29, 0.717) is 37.4 Å². The lowest BCUT2D eigenvalue weighted by Gasteiger charge is -2.31. The maximum absolute atomic E-state index is 12.7. The normalized spacial score (nSPS) is 14.7. The molecule has 1 fully saturated rings. The molecule has 0 aliphatic carbocycles. The summed E-state index contributed by atoms with van der Waals surface area (Å²) in [5.41, 5.74) is 1.56. The summed E-state index contributed by atoms with van der Waals surface area (Å²) in [4.78, 5) is 27.2. The van der Waals surface area contributed by atoms with E-state index in [1.807, 2.05) is 53.4 Å². The number of carbonyl (C=O) groups excluding carboxylic acids is 2. The van der Waals surface area contributed by atoms with Crippen molar-refractivity contribution >= 4 is 11.7 Å². The molecule has 2 aromatic rings. The molecule has 0 radical (unpaired) electrons. The molecule has 142 valence electrons. The van der Waals surface area contributed by atoms with Crippen LogP contribution in [0.25, 0.3) is 0 Å². The molecular formula is C22H25NO4. The second-order valence-corrected chi connectivity index (χ2v) is 6.74. The van der Waals surface area contributed by atoms with Crippen molar-refractivity contribution in [2.75, 3.05) is 27.3 Å². The summed E-state index contributed by atoms with van der Waals surface area (Å²) < 4.78 is 10.6. The molecule has 2 aromatic carbocycles. The van der Waals surface area contributed by atoms with Gasteiger partial charge in [0.2, 0.25) is 5.91 Å². The summed E-state index contributed by atoms with van der Waals surface area (Å²) in [6, 6.07) is 14.8. The maximum Gasteiger partial charge on any atom is 0.227 e. The zero-order valence-electron chi connectivity index (χ0n) is 15.8. The highest BCUT2D eigenvalue weighted by atomic mass is 16.5. The highest BCUT2D eigenvalue weighted by Gasteiger charge is 2.28. The fourth-order valence-corrected chi connectivity index (χ4v) is 3.52. The number of methoxy groups -OCH3 is 2. The summed E-state index contributed by atoms with van der Waals surface area (Å²) in [6.45, 7) is 1.21. The van der Waals surface area contributed by atoms with E-state index in [4.69, 9.17) is 9.47 Å². The Kier molecular flexibility index (Phi) is 6.12. The van der Waals surface area contributed by atoms with E-state index in [1.54, 1.807) is 14.2 Å². The Morgan fingerprint density at radius 3 is 2.33 bits per heavy atom. The molecule has 0 unspecified atom stereocenters. The first kappa shape index (κ1) is 19.0. The Labute approximate surface area is 159 Å². The van der Waals surface area contributed by atoms with Gasteiger partial charge in [-0.25, -0.2) is 0 Å². The lowest BCUT2D eigenvalue weighted by molar-refractivity contribution is -0.131. The van der Waals surface area contributed by atoms with Gasteiger partial charge >= 0.3 is 0 Å². The van der Waals surface area contributed by atoms with Gasteiger partial charge in [0.25, 0.3) is 0 Å². The standard InChI is InChI=1S/C22H25NO4/c1-26-19-8-9-20(27-2)18(14-19)15-21(24)23-12-10-17(11-13-23)22(25)16-6-4-3-5-7-16/h3-9,14,17H,10-13,15H2,1-2H3. The third kappa shape index (κ3) is 4.48. The Balaban J connectivity index is 1.60. The number of rotatable bonds is 6. The average molecular weight is 367 g/mol. The Bertz CT molecular complexity index is 795. The molecule has 0 bridgehead atoms. The molecule has 0 spiro atoms. The number of Topliss-reactive ketones (excluding diaryl/α,β-unsaturated/α-hetero) is 1. The molecule has 5 heteroatoms. The number of carbonyl (C=O) groups is 2. The van der Waals surface area contributed by atoms with E-state index in [-0.39, 0.29) is 24.0 Å². The van der Waals surface area contributed by atoms with Crippen LogP contribution in [0.2, 0.25) is 0 Å². The number of amides is 1. The predicted octanol–water partition coefficient (Wildman–Crippen LogP) is 3.37. The number of likely N-dealkylation sites (tertiary alicyclic amines) is 1. The number of piperidine rings is 1. The molecule has 0 N–H and O–H groups in total. The van der Waals surface area contributed by atoms with Gasteiger partial charge in [-0.05, 0) is 31.0 Å². The molecular weight excluding hydrogens is 342 g/mol. The fraction of sp³-hybridized carbons (Fsp3) is 0.364. The fourth-order valence-electron chi connectivity index (χ4n) is 3.52. The molecule has 1 aliphatic heterocycles. The van der Waals surface area contributed by atoms with Crippen molar-refractivity contribution in [3.63, 3.8) is 0 Å². The Morgan fingerprint density at radius 1 is 1.00 bits per heavy atom. The van der Waals surface area contributed by atoms with Gasteiger partial charge in [0.05, 0.1) is 20.6 Å². The number of hydrogen-bond donors (Lipinski definition) is 0. The number of benzene rings is 2. The van der Waals surface area contributed by atoms with Crippen LogP contribution in [-0.2, 0) is 11.2 Å². The van der Waals surface area contributed by atoms with Gasteiger partial charge in [0, 0.05) is 30.1 Å². The van der Waals surface area contributed by atoms with Crippen LogP contribution in [0, 0.1) is 5.92 Å². The summed E-state index contributed by atoms with van der Waals surface area (Å²) in [5, 5.41) is 0. The molecule has 1 heterocycles. The SMILES string of the molecule is COc1ccc(OC)c(CC(=O)N2CCC(C(=O)c3ccccc3)CC2)c1. The number of hydrogen-bond acceptors (Lipinski definition) is 4. The maximum atomic E-state index is 12.7. The molecule has 0 aromatic heterocycles. The van der Waals surface area contributed by atoms with Crippen LogP contribution in [0.15, 0.2) is 48.5 Å². The topological polar surface area (TPSA) is 55.8 Å². The van der Waals surface area contributed by atoms with E-state index < -0.39 is 0 Å². The lowest BCUT2D eigenvalue weighted by atomic mass is 9.88. The third-order valence-corrected chi connectivity index (χ3v) is 5.11. The van der Waals surface area contributed by atoms with Crippen LogP contribution in [0.3, 0.4) is 0 Å². The van der Waals surface area contributed by atoms with Crippen molar-refractivity contribution in [2.45, 2.75) is 19.3 Å². The second-order valence-electron chi connectivity index (χ2n) is 6.74. The van der Waals surface area contributed by atoms with Crippen molar-refractivity contribution in [1.82, 2.24) is 4.90 Å². The monoisotopic (exact) mass is 367 g/mol. The predicted molar refractivity (Wildman–Crippen MR) is 103 cm³/mol. The average Bonchev–Trinajstić information content (AvgIpc) is 2.73. The van der Waals surface area contributed by atoms with Crippen molar-refractivity contribution in [2.24, 2.45) is 5.92 Å². The summed E-state index contributed by atoms with van der Waals surface area (Å²) in [7, 11) is 3.19. The van der Waals surface area contributed by atoms with Crippen molar-refractivity contribution in [3.8, 4) is 11.5 Å². The number of ketones is 1. The Morgan fingerprint density at radius 2 is 1.70 bits per heavy atom. The minimum Gasteiger partial charge on any atom is -0.497 e. The summed E-state index contributed by atoms with van der Waals surface area (Å²) in [6.07, 6.45) is 1.67. The van der Waals surface area contributed by atoms with Gasteiger partial charge in [-0.3, -0.25) is 9.59 Å². The molecule has 1 aliphatic rings. The number of nitrogens with zero attached hydrogens (tertiary/aromatic N) is 1. The smallest absolute Gasteiger partial charge is 0.227 e. The largest absolute Gasteiger partial charge is 0.497 e. The zero-order chi connectivity index (χ0) is 19.2. The van der Waals surface area contributed by atoms with E-state index in [2.05, 4.69) is 0 Å². The van der Waals surface area contributed by atoms with Crippen LogP contribution in [0.5, 0.6) is 11.5 Å². The first-order valence-electron chi connectivity index (χ1n) is 9.20. The van der Waals surface area contributed by atoms with Crippen molar-refractivity contribution in [3.05, 3.63) is 59.7 Å². The van der Waals surface area contributed by atoms with Crippen LogP contribution in [0.1, 0.15) is 28.8 Å². The van der Waals surface area contributed by atoms with Crippen molar-refractivity contribution in [1.29, 1.82) is 0 Å².